The molecule has 0 saturated carbocycles. The summed E-state index contributed by atoms with van der Waals surface area (Å²) >= 11 is 1.59. The topological polar surface area (TPSA) is 138 Å². The van der Waals surface area contributed by atoms with Crippen molar-refractivity contribution in [3.8, 4) is 11.3 Å². The minimum Gasteiger partial charge on any atom is -0.379 e. The number of carbonyl (C=O) groups is 1. The molecule has 1 amide bonds. The number of pyridine rings is 1. The second-order valence-electron chi connectivity index (χ2n) is 11.6. The fraction of sp³-hybridized carbons (Fsp3) is 0.189. The average molecular weight is 709 g/mol. The maximum absolute atomic E-state index is 13.1. The number of piperazine rings is 1. The highest BCUT2D eigenvalue weighted by molar-refractivity contribution is 7.99. The van der Waals surface area contributed by atoms with Crippen LogP contribution in [-0.2, 0) is 16.6 Å². The number of nitrogens with zero attached hydrogens (tertiary/aromatic N) is 4. The molecule has 5 aromatic rings. The first-order valence-electron chi connectivity index (χ1n) is 16.1. The number of benzene rings is 4. The van der Waals surface area contributed by atoms with Crippen LogP contribution in [0.25, 0.3) is 11.3 Å². The normalized spacial score (nSPS) is 13.5. The Morgan fingerprint density at radius 1 is 0.860 bits per heavy atom. The van der Waals surface area contributed by atoms with Crippen molar-refractivity contribution >= 4 is 44.8 Å². The predicted molar refractivity (Wildman–Crippen MR) is 197 cm³/mol. The number of rotatable bonds is 13. The summed E-state index contributed by atoms with van der Waals surface area (Å²) in [6.45, 7) is 4.48. The van der Waals surface area contributed by atoms with E-state index in [1.165, 1.54) is 17.7 Å². The molecule has 0 aliphatic carbocycles. The first-order chi connectivity index (χ1) is 24.3. The van der Waals surface area contributed by atoms with Gasteiger partial charge in [-0.1, -0.05) is 54.6 Å². The number of aromatic nitrogens is 1. The van der Waals surface area contributed by atoms with Crippen molar-refractivity contribution in [3.63, 3.8) is 0 Å². The van der Waals surface area contributed by atoms with Crippen molar-refractivity contribution in [2.24, 2.45) is 0 Å². The van der Waals surface area contributed by atoms with Crippen molar-refractivity contribution in [1.82, 2.24) is 14.6 Å². The fourth-order valence-corrected chi connectivity index (χ4v) is 7.52. The van der Waals surface area contributed by atoms with Gasteiger partial charge in [0.25, 0.3) is 21.6 Å². The summed E-state index contributed by atoms with van der Waals surface area (Å²) in [5.74, 6) is -0.177. The van der Waals surface area contributed by atoms with E-state index in [0.29, 0.717) is 12.3 Å². The van der Waals surface area contributed by atoms with Crippen LogP contribution in [0.2, 0.25) is 0 Å². The van der Waals surface area contributed by atoms with Crippen LogP contribution >= 0.6 is 11.8 Å². The van der Waals surface area contributed by atoms with E-state index in [9.17, 15) is 23.3 Å². The zero-order valence-electron chi connectivity index (χ0n) is 27.1. The van der Waals surface area contributed by atoms with Crippen molar-refractivity contribution in [3.05, 3.63) is 143 Å². The van der Waals surface area contributed by atoms with Crippen LogP contribution < -0.4 is 14.9 Å². The maximum atomic E-state index is 13.1. The molecule has 1 aliphatic rings. The molecule has 1 fully saturated rings. The summed E-state index contributed by atoms with van der Waals surface area (Å²) in [5.41, 5.74) is 4.14. The van der Waals surface area contributed by atoms with Crippen LogP contribution in [0.4, 0.5) is 17.1 Å². The van der Waals surface area contributed by atoms with E-state index in [0.717, 1.165) is 60.6 Å². The van der Waals surface area contributed by atoms with Gasteiger partial charge in [0, 0.05) is 79.0 Å². The third-order valence-electron chi connectivity index (χ3n) is 8.33. The summed E-state index contributed by atoms with van der Waals surface area (Å²) in [5, 5.41) is 14.8. The molecular formula is C37H36N6O5S2. The van der Waals surface area contributed by atoms with Crippen LogP contribution in [0.3, 0.4) is 0 Å². The van der Waals surface area contributed by atoms with Crippen LogP contribution in [0.15, 0.2) is 131 Å². The lowest BCUT2D eigenvalue weighted by molar-refractivity contribution is -0.384. The molecule has 0 radical (unpaired) electrons. The number of nitro groups is 1. The van der Waals surface area contributed by atoms with Gasteiger partial charge < -0.3 is 10.2 Å². The van der Waals surface area contributed by atoms with Crippen molar-refractivity contribution < 1.29 is 18.1 Å². The number of nitrogens with one attached hydrogen (secondary N) is 2. The predicted octanol–water partition coefficient (Wildman–Crippen LogP) is 6.30. The molecule has 0 atom stereocenters. The standard InChI is InChI=1S/C37H36N6O5S2/c44-37(40-50(47,48)33-17-18-34(35(26-33)43(45)46)38-20-25-49-32-11-5-2-6-12-32)29-13-15-31(16-14-29)42-23-21-41(22-24-42)27-30-10-7-19-39-36(30)28-8-3-1-4-9-28/h1-19,26,38H,20-25,27H2,(H,40,44). The highest BCUT2D eigenvalue weighted by Gasteiger charge is 2.24. The molecule has 1 saturated heterocycles. The number of sulfonamides is 1. The van der Waals surface area contributed by atoms with Gasteiger partial charge in [-0.05, 0) is 60.2 Å². The first-order valence-corrected chi connectivity index (χ1v) is 18.6. The Hall–Kier alpha value is -5.24. The summed E-state index contributed by atoms with van der Waals surface area (Å²) < 4.78 is 28.3. The zero-order chi connectivity index (χ0) is 34.9. The fourth-order valence-electron chi connectivity index (χ4n) is 5.74. The van der Waals surface area contributed by atoms with Crippen LogP contribution in [0, 0.1) is 10.1 Å². The van der Waals surface area contributed by atoms with Gasteiger partial charge in [0.2, 0.25) is 0 Å². The third kappa shape index (κ3) is 8.67. The largest absolute Gasteiger partial charge is 0.379 e. The molecule has 0 bridgehead atoms. The molecule has 50 heavy (non-hydrogen) atoms. The van der Waals surface area contributed by atoms with Crippen molar-refractivity contribution in [2.75, 3.05) is 48.7 Å². The van der Waals surface area contributed by atoms with E-state index < -0.39 is 26.5 Å². The maximum Gasteiger partial charge on any atom is 0.293 e. The molecule has 11 nitrogen and oxygen atoms in total. The summed E-state index contributed by atoms with van der Waals surface area (Å²) in [6, 6.07) is 34.3. The molecule has 1 aliphatic heterocycles. The minimum absolute atomic E-state index is 0.157. The van der Waals surface area contributed by atoms with Gasteiger partial charge in [-0.3, -0.25) is 24.8 Å². The number of amides is 1. The Morgan fingerprint density at radius 3 is 2.26 bits per heavy atom. The SMILES string of the molecule is O=C(NS(=O)(=O)c1ccc(NCCSc2ccccc2)c([N+](=O)[O-])c1)c1ccc(N2CCN(Cc3cccnc3-c3ccccc3)CC2)cc1. The molecule has 0 spiro atoms. The number of nitro benzene ring substituents is 1. The van der Waals surface area contributed by atoms with Crippen molar-refractivity contribution in [2.45, 2.75) is 16.3 Å². The monoisotopic (exact) mass is 708 g/mol. The Labute approximate surface area is 295 Å². The third-order valence-corrected chi connectivity index (χ3v) is 10.7. The highest BCUT2D eigenvalue weighted by Crippen LogP contribution is 2.29. The minimum atomic E-state index is -4.38. The Bertz CT molecular complexity index is 2040. The van der Waals surface area contributed by atoms with Crippen LogP contribution in [0.5, 0.6) is 0 Å². The number of thioether (sulfide) groups is 1. The number of carbonyl (C=O) groups excluding carboxylic acids is 1. The average Bonchev–Trinajstić information content (AvgIpc) is 3.14. The van der Waals surface area contributed by atoms with Crippen LogP contribution in [-0.4, -0.2) is 67.6 Å². The quantitative estimate of drug-likeness (QED) is 0.0620. The van der Waals surface area contributed by atoms with Gasteiger partial charge in [-0.15, -0.1) is 11.8 Å². The van der Waals surface area contributed by atoms with E-state index in [4.69, 9.17) is 0 Å². The molecular weight excluding hydrogens is 673 g/mol. The second-order valence-corrected chi connectivity index (χ2v) is 14.5. The van der Waals surface area contributed by atoms with Gasteiger partial charge >= 0.3 is 0 Å². The van der Waals surface area contributed by atoms with Gasteiger partial charge in [0.05, 0.1) is 15.5 Å². The summed E-state index contributed by atoms with van der Waals surface area (Å²) in [7, 11) is -4.38. The highest BCUT2D eigenvalue weighted by atomic mass is 32.2. The Balaban J connectivity index is 1.03. The Morgan fingerprint density at radius 2 is 1.56 bits per heavy atom. The number of hydrogen-bond donors (Lipinski definition) is 2. The smallest absolute Gasteiger partial charge is 0.293 e. The summed E-state index contributed by atoms with van der Waals surface area (Å²) in [6.07, 6.45) is 1.82. The molecule has 0 unspecified atom stereocenters. The lowest BCUT2D eigenvalue weighted by Crippen LogP contribution is -2.46. The lowest BCUT2D eigenvalue weighted by Gasteiger charge is -2.36. The van der Waals surface area contributed by atoms with E-state index in [2.05, 4.69) is 43.0 Å². The zero-order valence-corrected chi connectivity index (χ0v) is 28.8. The van der Waals surface area contributed by atoms with E-state index in [1.54, 1.807) is 36.0 Å². The van der Waals surface area contributed by atoms with Crippen molar-refractivity contribution in [1.29, 1.82) is 0 Å². The van der Waals surface area contributed by atoms with E-state index in [-0.39, 0.29) is 16.1 Å². The number of anilines is 2. The first kappa shape index (κ1) is 34.6. The summed E-state index contributed by atoms with van der Waals surface area (Å²) in [4.78, 5) is 34.1. The van der Waals surface area contributed by atoms with Gasteiger partial charge in [0.1, 0.15) is 5.69 Å². The lowest BCUT2D eigenvalue weighted by atomic mass is 10.1. The molecule has 256 valence electrons. The van der Waals surface area contributed by atoms with Gasteiger partial charge in [-0.25, -0.2) is 13.1 Å². The molecule has 1 aromatic heterocycles. The number of hydrogen-bond acceptors (Lipinski definition) is 10. The molecule has 13 heteroatoms. The molecule has 2 N–H and O–H groups in total. The Kier molecular flexibility index (Phi) is 11.1. The van der Waals surface area contributed by atoms with Crippen LogP contribution in [0.1, 0.15) is 15.9 Å². The van der Waals surface area contributed by atoms with E-state index >= 15 is 0 Å². The molecule has 6 rings (SSSR count). The van der Waals surface area contributed by atoms with Gasteiger partial charge in [-0.2, -0.15) is 0 Å². The van der Waals surface area contributed by atoms with Gasteiger partial charge in [0.15, 0.2) is 0 Å². The van der Waals surface area contributed by atoms with E-state index in [1.807, 2.05) is 60.8 Å². The second kappa shape index (κ2) is 16.0. The molecule has 4 aromatic carbocycles. The molecule has 2 heterocycles.